The van der Waals surface area contributed by atoms with E-state index in [0.29, 0.717) is 33.7 Å². The number of H-pyrrole nitrogens is 1. The molecule has 4 aromatic heterocycles. The van der Waals surface area contributed by atoms with E-state index in [0.717, 1.165) is 21.7 Å². The Morgan fingerprint density at radius 3 is 1.59 bits per heavy atom. The normalized spacial score (nSPS) is 14.6. The van der Waals surface area contributed by atoms with Crippen molar-refractivity contribution >= 4 is 116 Å². The van der Waals surface area contributed by atoms with E-state index in [1.54, 1.807) is 80.7 Å². The van der Waals surface area contributed by atoms with Gasteiger partial charge in [-0.3, -0.25) is 82.7 Å². The second kappa shape index (κ2) is 46.9. The number of fused-ring (bicyclic) bond motifs is 2. The Hall–Kier alpha value is -13.2. The second-order valence-electron chi connectivity index (χ2n) is 30.4. The van der Waals surface area contributed by atoms with Crippen molar-refractivity contribution in [3.63, 3.8) is 0 Å². The zero-order chi connectivity index (χ0) is 87.6. The summed E-state index contributed by atoms with van der Waals surface area (Å²) in [5.41, 5.74) is 14.9. The van der Waals surface area contributed by atoms with Gasteiger partial charge in [-0.1, -0.05) is 116 Å². The molecule has 5 heterocycles. The Bertz CT molecular complexity index is 4930. The van der Waals surface area contributed by atoms with E-state index in [4.69, 9.17) is 28.5 Å². The number of carbonyl (C=O) groups is 13. The maximum atomic E-state index is 15.3. The predicted octanol–water partition coefficient (Wildman–Crippen LogP) is 2.79. The third-order valence-corrected chi connectivity index (χ3v) is 20.8. The number of rotatable bonds is 46. The van der Waals surface area contributed by atoms with Crippen molar-refractivity contribution in [2.24, 2.45) is 17.4 Å². The summed E-state index contributed by atoms with van der Waals surface area (Å²) in [7, 11) is 0. The number of nitrogens with one attached hydrogen (secondary N) is 14. The van der Waals surface area contributed by atoms with Gasteiger partial charge in [-0.15, -0.1) is 0 Å². The summed E-state index contributed by atoms with van der Waals surface area (Å²) in [5.74, 6) is -10.7. The van der Waals surface area contributed by atoms with Crippen LogP contribution in [0, 0.1) is 11.3 Å². The van der Waals surface area contributed by atoms with Crippen LogP contribution < -0.4 is 75.3 Å². The van der Waals surface area contributed by atoms with E-state index < -0.39 is 144 Å². The summed E-state index contributed by atoms with van der Waals surface area (Å²) in [6.07, 6.45) is 8.14. The van der Waals surface area contributed by atoms with Gasteiger partial charge in [0.15, 0.2) is 5.96 Å². The topological polar surface area (TPSA) is 520 Å². The van der Waals surface area contributed by atoms with Crippen LogP contribution in [0.15, 0.2) is 171 Å². The molecule has 10 atom stereocenters. The van der Waals surface area contributed by atoms with Crippen molar-refractivity contribution in [2.75, 3.05) is 32.8 Å². The molecule has 4 aromatic carbocycles. The van der Waals surface area contributed by atoms with Crippen LogP contribution in [0.2, 0.25) is 5.02 Å². The average molecular weight is 1690 g/mol. The van der Waals surface area contributed by atoms with Gasteiger partial charge in [-0.05, 0) is 158 Å². The summed E-state index contributed by atoms with van der Waals surface area (Å²) in [4.78, 5) is 203. The van der Waals surface area contributed by atoms with Gasteiger partial charge in [0.25, 0.3) is 11.8 Å². The molecule has 1 aliphatic heterocycles. The Balaban J connectivity index is 0.957. The number of carbonyl (C=O) groups excluding carboxylic acids is 13. The Labute approximate surface area is 710 Å². The highest BCUT2D eigenvalue weighted by Crippen LogP contribution is 2.24. The predicted molar refractivity (Wildman–Crippen MR) is 456 cm³/mol. The molecule has 0 unspecified atom stereocenters. The van der Waals surface area contributed by atoms with Gasteiger partial charge in [-0.2, -0.15) is 0 Å². The molecular formula is C87H107ClN20O14. The van der Waals surface area contributed by atoms with Crippen LogP contribution in [0.3, 0.4) is 0 Å². The number of nitrogens with two attached hydrogens (primary N) is 2. The first-order valence-corrected chi connectivity index (χ1v) is 41.1. The fourth-order valence-corrected chi connectivity index (χ4v) is 14.4. The lowest BCUT2D eigenvalue weighted by molar-refractivity contribution is -0.142. The maximum Gasteiger partial charge on any atom is 0.269 e. The van der Waals surface area contributed by atoms with Crippen LogP contribution in [-0.2, 0) is 78.4 Å². The number of likely N-dealkylation sites (tertiary alicyclic amines) is 1. The zero-order valence-corrected chi connectivity index (χ0v) is 69.0. The van der Waals surface area contributed by atoms with Crippen molar-refractivity contribution in [1.82, 2.24) is 88.6 Å². The zero-order valence-electron chi connectivity index (χ0n) is 68.2. The number of pyridine rings is 3. The summed E-state index contributed by atoms with van der Waals surface area (Å²) < 4.78 is 0. The number of primary amides is 1. The van der Waals surface area contributed by atoms with Crippen molar-refractivity contribution in [1.29, 1.82) is 5.41 Å². The number of unbranched alkanes of at least 4 members (excludes halogenated alkanes) is 2. The number of nitrogens with zero attached hydrogens (tertiary/aromatic N) is 4. The summed E-state index contributed by atoms with van der Waals surface area (Å²) in [6.45, 7) is 4.05. The molecule has 122 heavy (non-hydrogen) atoms. The SMILES string of the molecule is CC(=O)N[C@H](Cc1ccc2ccccc2c1)C(=O)N[C@H](Cc1ccc(Cl)cc1)C(=O)N[C@H](Cc1cccnc1)C(=O)N[C@@H](CO)C(=O)N[C@@H](CCCCNC(=O)c1ccccn1)C(=O)N[C@H](CCCCNC(=O)c1ccccn1)C(=O)N[C@@H](CC(C)C)C(=O)N[C@@H](CCCNC(=N)N)C(=O)N1CCC[C@H]1C(=O)N[C@H](Cc1c[nH]c2ccccc12)C(N)=O. The minimum Gasteiger partial charge on any atom is -0.394 e. The van der Waals surface area contributed by atoms with E-state index in [9.17, 15) is 53.1 Å². The van der Waals surface area contributed by atoms with Crippen LogP contribution in [0.25, 0.3) is 21.7 Å². The fraction of sp³-hybridized carbons (Fsp3) is 0.391. The van der Waals surface area contributed by atoms with E-state index >= 15 is 14.4 Å². The molecule has 35 heteroatoms. The third kappa shape index (κ3) is 28.8. The number of halogens is 1. The van der Waals surface area contributed by atoms with Crippen molar-refractivity contribution < 1.29 is 67.4 Å². The lowest BCUT2D eigenvalue weighted by Gasteiger charge is -2.31. The Morgan fingerprint density at radius 2 is 1.02 bits per heavy atom. The molecule has 13 amide bonds. The molecule has 0 spiro atoms. The first-order valence-electron chi connectivity index (χ1n) is 40.7. The number of aliphatic hydroxyl groups is 1. The van der Waals surface area contributed by atoms with Crippen molar-refractivity contribution in [2.45, 2.75) is 178 Å². The van der Waals surface area contributed by atoms with Gasteiger partial charge in [0, 0.05) is 106 Å². The molecular weight excluding hydrogens is 1580 g/mol. The largest absolute Gasteiger partial charge is 0.394 e. The molecule has 1 fully saturated rings. The number of amides is 13. The molecule has 9 rings (SSSR count). The molecule has 1 saturated heterocycles. The van der Waals surface area contributed by atoms with Crippen LogP contribution >= 0.6 is 11.6 Å². The lowest BCUT2D eigenvalue weighted by Crippen LogP contribution is -2.61. The van der Waals surface area contributed by atoms with Crippen LogP contribution in [-0.4, -0.2) is 206 Å². The van der Waals surface area contributed by atoms with Gasteiger partial charge >= 0.3 is 0 Å². The second-order valence-corrected chi connectivity index (χ2v) is 30.8. The number of aromatic amines is 1. The maximum absolute atomic E-state index is 15.3. The third-order valence-electron chi connectivity index (χ3n) is 20.6. The van der Waals surface area contributed by atoms with Crippen LogP contribution in [0.5, 0.6) is 0 Å². The molecule has 0 radical (unpaired) electrons. The highest BCUT2D eigenvalue weighted by atomic mass is 35.5. The van der Waals surface area contributed by atoms with Gasteiger partial charge < -0.3 is 90.3 Å². The van der Waals surface area contributed by atoms with Gasteiger partial charge in [0.2, 0.25) is 65.0 Å². The van der Waals surface area contributed by atoms with Crippen LogP contribution in [0.1, 0.15) is 135 Å². The van der Waals surface area contributed by atoms with Gasteiger partial charge in [-0.25, -0.2) is 0 Å². The number of aliphatic hydroxyl groups excluding tert-OH is 1. The number of hydrogen-bond acceptors (Lipinski definition) is 18. The van der Waals surface area contributed by atoms with E-state index in [1.807, 2.05) is 66.7 Å². The average Bonchev–Trinajstić information content (AvgIpc) is 1.72. The first kappa shape index (κ1) is 92.6. The Kier molecular flexibility index (Phi) is 35.6. The number of aromatic nitrogens is 4. The lowest BCUT2D eigenvalue weighted by atomic mass is 9.99. The minimum atomic E-state index is -1.86. The van der Waals surface area contributed by atoms with E-state index in [-0.39, 0.29) is 139 Å². The molecule has 8 aromatic rings. The van der Waals surface area contributed by atoms with E-state index in [2.05, 4.69) is 83.7 Å². The van der Waals surface area contributed by atoms with Gasteiger partial charge in [0.05, 0.1) is 6.61 Å². The highest BCUT2D eigenvalue weighted by Gasteiger charge is 2.41. The van der Waals surface area contributed by atoms with Crippen molar-refractivity contribution in [3.05, 3.63) is 209 Å². The van der Waals surface area contributed by atoms with Gasteiger partial charge in [0.1, 0.15) is 71.8 Å². The quantitative estimate of drug-likeness (QED) is 0.0148. The molecule has 34 nitrogen and oxygen atoms in total. The number of guanidine groups is 1. The molecule has 19 N–H and O–H groups in total. The number of para-hydroxylation sites is 1. The highest BCUT2D eigenvalue weighted by molar-refractivity contribution is 6.30. The van der Waals surface area contributed by atoms with Crippen LogP contribution in [0.4, 0.5) is 0 Å². The number of hydrogen-bond donors (Lipinski definition) is 17. The molecule has 0 bridgehead atoms. The fourth-order valence-electron chi connectivity index (χ4n) is 14.3. The van der Waals surface area contributed by atoms with Crippen molar-refractivity contribution in [3.8, 4) is 0 Å². The summed E-state index contributed by atoms with van der Waals surface area (Å²) >= 11 is 6.28. The van der Waals surface area contributed by atoms with E-state index in [1.165, 1.54) is 48.7 Å². The Morgan fingerprint density at radius 1 is 0.508 bits per heavy atom. The molecule has 0 aliphatic carbocycles. The molecule has 0 saturated carbocycles. The molecule has 1 aliphatic rings. The first-order chi connectivity index (χ1) is 58.7. The summed E-state index contributed by atoms with van der Waals surface area (Å²) in [5, 5.41) is 54.7. The number of benzene rings is 4. The smallest absolute Gasteiger partial charge is 0.269 e. The monoisotopic (exact) mass is 1690 g/mol. The minimum absolute atomic E-state index is 0.0178. The molecule has 646 valence electrons. The summed E-state index contributed by atoms with van der Waals surface area (Å²) in [6, 6.07) is 25.7. The standard InChI is InChI=1S/C87H107ClN20O14/c1-52(2)43-69(80(116)102-67(28-17-41-97-87(90)91)86(122)108-42-18-29-74(108)85(121)103-68(75(89)111)48-59-50-98-62-23-7-6-22-61(59)62)104-79(115)66(27-11-15-40-96-77(113)64-25-9-13-38-94-64)100-78(114)65(26-10-14-39-95-76(112)63-24-8-12-37-93-63)101-84(120)73(51-109)107-83(119)72(47-56-19-16-36-92-49-56)106-82(118)71(45-54-31-34-60(88)35-32-54)105-81(117)70(99-53(3)110)46-55-30-33-57-20-4-5-21-58(57)44-55/h4-9,12-13,16,19-25,30-38,44,49-50,52,65-74,98,109H,10-11,14-15,17-18,26-29,39-43,45-48,51H2,1-3H3,(H2,89,111)(H,95,112)(H,96,113)(H,99,110)(H,100,114)(H,101,120)(H,102,116)(H,103,121)(H,104,115)(H,105,117)(H,106,118)(H,107,119)(H4,90,91,97)/t65-,66+,67-,68+,69-,70+,71+,72+,73-,74-/m0/s1.